The van der Waals surface area contributed by atoms with Crippen LogP contribution >= 0.6 is 11.6 Å². The van der Waals surface area contributed by atoms with Crippen molar-refractivity contribution in [2.75, 3.05) is 6.54 Å². The van der Waals surface area contributed by atoms with E-state index in [1.807, 2.05) is 20.8 Å². The molecule has 2 aromatic rings. The summed E-state index contributed by atoms with van der Waals surface area (Å²) in [6, 6.07) is 12.3. The normalized spacial score (nSPS) is 15.1. The summed E-state index contributed by atoms with van der Waals surface area (Å²) in [5.74, 6) is -1.14. The van der Waals surface area contributed by atoms with Crippen molar-refractivity contribution >= 4 is 39.3 Å². The van der Waals surface area contributed by atoms with Crippen molar-refractivity contribution in [3.63, 3.8) is 0 Å². The summed E-state index contributed by atoms with van der Waals surface area (Å²) in [6.45, 7) is 5.61. The highest BCUT2D eigenvalue weighted by atomic mass is 35.5. The Kier molecular flexibility index (Phi) is 8.56. The number of halogens is 1. The minimum Gasteiger partial charge on any atom is -0.352 e. The van der Waals surface area contributed by atoms with Crippen LogP contribution in [0.4, 0.5) is 0 Å². The molecule has 0 aromatic heterocycles. The summed E-state index contributed by atoms with van der Waals surface area (Å²) in [7, 11) is -3.93. The SMILES string of the molecule is CCC(C(=O)NC(C)C)N(Cc1ccc(Cl)cc1)C(=O)CCCN1C(=O)c2ccccc2S1(=O)=O. The highest BCUT2D eigenvalue weighted by molar-refractivity contribution is 7.90. The zero-order valence-electron chi connectivity index (χ0n) is 20.0. The molecule has 8 nitrogen and oxygen atoms in total. The van der Waals surface area contributed by atoms with Crippen molar-refractivity contribution in [3.05, 3.63) is 64.7 Å². The van der Waals surface area contributed by atoms with Crippen molar-refractivity contribution in [2.24, 2.45) is 0 Å². The summed E-state index contributed by atoms with van der Waals surface area (Å²) in [4.78, 5) is 40.3. The van der Waals surface area contributed by atoms with E-state index in [-0.39, 0.29) is 54.2 Å². The van der Waals surface area contributed by atoms with Crippen LogP contribution < -0.4 is 5.32 Å². The first-order valence-corrected chi connectivity index (χ1v) is 13.4. The van der Waals surface area contributed by atoms with E-state index in [2.05, 4.69) is 5.32 Å². The van der Waals surface area contributed by atoms with Gasteiger partial charge in [-0.3, -0.25) is 14.4 Å². The monoisotopic (exact) mass is 519 g/mol. The third-order valence-electron chi connectivity index (χ3n) is 5.75. The Bertz CT molecular complexity index is 1200. The van der Waals surface area contributed by atoms with Gasteiger partial charge in [0.05, 0.1) is 5.56 Å². The van der Waals surface area contributed by atoms with E-state index in [1.54, 1.807) is 36.4 Å². The molecule has 1 aliphatic heterocycles. The molecule has 0 bridgehead atoms. The standard InChI is InChI=1S/C25H30ClN3O5S/c1-4-21(24(31)27-17(2)3)28(16-18-11-13-19(26)14-12-18)23(30)10-7-15-29-25(32)20-8-5-6-9-22(20)35(29,33)34/h5-6,8-9,11-14,17,21H,4,7,10,15-16H2,1-3H3,(H,27,31). The number of fused-ring (bicyclic) bond motifs is 1. The zero-order valence-corrected chi connectivity index (χ0v) is 21.6. The molecule has 0 fully saturated rings. The lowest BCUT2D eigenvalue weighted by Crippen LogP contribution is -2.50. The predicted octanol–water partition coefficient (Wildman–Crippen LogP) is 3.60. The smallest absolute Gasteiger partial charge is 0.269 e. The van der Waals surface area contributed by atoms with E-state index < -0.39 is 22.0 Å². The molecule has 1 N–H and O–H groups in total. The van der Waals surface area contributed by atoms with Crippen molar-refractivity contribution in [1.29, 1.82) is 0 Å². The van der Waals surface area contributed by atoms with E-state index in [4.69, 9.17) is 11.6 Å². The molecule has 0 aliphatic carbocycles. The van der Waals surface area contributed by atoms with Crippen LogP contribution in [0, 0.1) is 0 Å². The van der Waals surface area contributed by atoms with Crippen LogP contribution in [0.15, 0.2) is 53.4 Å². The molecule has 0 radical (unpaired) electrons. The summed E-state index contributed by atoms with van der Waals surface area (Å²) < 4.78 is 26.3. The number of nitrogens with one attached hydrogen (secondary N) is 1. The molecule has 1 aliphatic rings. The van der Waals surface area contributed by atoms with Crippen LogP contribution in [0.25, 0.3) is 0 Å². The average Bonchev–Trinajstić information content (AvgIpc) is 3.00. The van der Waals surface area contributed by atoms with Crippen molar-refractivity contribution in [1.82, 2.24) is 14.5 Å². The molecule has 3 rings (SSSR count). The predicted molar refractivity (Wildman–Crippen MR) is 133 cm³/mol. The fourth-order valence-corrected chi connectivity index (χ4v) is 5.79. The van der Waals surface area contributed by atoms with Crippen LogP contribution in [-0.2, 0) is 26.2 Å². The van der Waals surface area contributed by atoms with Crippen LogP contribution in [0.5, 0.6) is 0 Å². The molecule has 0 saturated heterocycles. The van der Waals surface area contributed by atoms with E-state index in [1.165, 1.54) is 17.0 Å². The summed E-state index contributed by atoms with van der Waals surface area (Å²) in [5.41, 5.74) is 0.950. The molecule has 1 atom stereocenters. The quantitative estimate of drug-likeness (QED) is 0.516. The first-order chi connectivity index (χ1) is 16.6. The molecule has 3 amide bonds. The van der Waals surface area contributed by atoms with Gasteiger partial charge >= 0.3 is 0 Å². The van der Waals surface area contributed by atoms with Crippen LogP contribution in [0.2, 0.25) is 5.02 Å². The Morgan fingerprint density at radius 1 is 1.09 bits per heavy atom. The molecular weight excluding hydrogens is 490 g/mol. The van der Waals surface area contributed by atoms with Gasteiger partial charge in [-0.15, -0.1) is 0 Å². The van der Waals surface area contributed by atoms with Crippen molar-refractivity contribution < 1.29 is 22.8 Å². The first-order valence-electron chi connectivity index (χ1n) is 11.6. The second-order valence-corrected chi connectivity index (χ2v) is 11.0. The van der Waals surface area contributed by atoms with Gasteiger partial charge < -0.3 is 10.2 Å². The zero-order chi connectivity index (χ0) is 25.8. The van der Waals surface area contributed by atoms with Crippen LogP contribution in [-0.4, -0.2) is 54.0 Å². The molecule has 0 spiro atoms. The lowest BCUT2D eigenvalue weighted by molar-refractivity contribution is -0.141. The number of nitrogens with zero attached hydrogens (tertiary/aromatic N) is 2. The lowest BCUT2D eigenvalue weighted by atomic mass is 10.1. The summed E-state index contributed by atoms with van der Waals surface area (Å²) in [5, 5.41) is 3.43. The number of sulfonamides is 1. The van der Waals surface area contributed by atoms with Gasteiger partial charge in [-0.1, -0.05) is 42.8 Å². The molecule has 1 heterocycles. The highest BCUT2D eigenvalue weighted by Gasteiger charge is 2.40. The lowest BCUT2D eigenvalue weighted by Gasteiger charge is -2.31. The Hall–Kier alpha value is -2.91. The molecule has 35 heavy (non-hydrogen) atoms. The number of rotatable bonds is 10. The molecule has 0 saturated carbocycles. The van der Waals surface area contributed by atoms with Crippen molar-refractivity contribution in [3.8, 4) is 0 Å². The maximum Gasteiger partial charge on any atom is 0.269 e. The van der Waals surface area contributed by atoms with Gasteiger partial charge in [0.25, 0.3) is 15.9 Å². The third kappa shape index (κ3) is 6.02. The number of hydrogen-bond acceptors (Lipinski definition) is 5. The molecule has 1 unspecified atom stereocenters. The Labute approximate surface area is 211 Å². The molecule has 2 aromatic carbocycles. The Balaban J connectivity index is 1.74. The number of amides is 3. The van der Waals surface area contributed by atoms with Gasteiger partial charge in [-0.2, -0.15) is 0 Å². The third-order valence-corrected chi connectivity index (χ3v) is 7.84. The van der Waals surface area contributed by atoms with E-state index >= 15 is 0 Å². The molecule has 10 heteroatoms. The number of benzene rings is 2. The number of carbonyl (C=O) groups is 3. The molecular formula is C25H30ClN3O5S. The van der Waals surface area contributed by atoms with E-state index in [9.17, 15) is 22.8 Å². The van der Waals surface area contributed by atoms with Gasteiger partial charge in [-0.25, -0.2) is 12.7 Å². The van der Waals surface area contributed by atoms with E-state index in [0.717, 1.165) is 9.87 Å². The highest BCUT2D eigenvalue weighted by Crippen LogP contribution is 2.30. The van der Waals surface area contributed by atoms with Gasteiger partial charge in [0.1, 0.15) is 10.9 Å². The van der Waals surface area contributed by atoms with Gasteiger partial charge in [-0.05, 0) is 56.5 Å². The Morgan fingerprint density at radius 3 is 2.34 bits per heavy atom. The fraction of sp³-hybridized carbons (Fsp3) is 0.400. The summed E-state index contributed by atoms with van der Waals surface area (Å²) in [6.07, 6.45) is 0.526. The number of hydrogen-bond donors (Lipinski definition) is 1. The van der Waals surface area contributed by atoms with Crippen LogP contribution in [0.3, 0.4) is 0 Å². The maximum absolute atomic E-state index is 13.3. The second-order valence-electron chi connectivity index (χ2n) is 8.72. The van der Waals surface area contributed by atoms with Gasteiger partial charge in [0, 0.05) is 30.6 Å². The topological polar surface area (TPSA) is 104 Å². The first kappa shape index (κ1) is 26.7. The van der Waals surface area contributed by atoms with Gasteiger partial charge in [0.2, 0.25) is 11.8 Å². The summed E-state index contributed by atoms with van der Waals surface area (Å²) >= 11 is 5.98. The second kappa shape index (κ2) is 11.2. The van der Waals surface area contributed by atoms with Gasteiger partial charge in [0.15, 0.2) is 0 Å². The minimum absolute atomic E-state index is 0.0166. The minimum atomic E-state index is -3.93. The maximum atomic E-state index is 13.3. The van der Waals surface area contributed by atoms with E-state index in [0.29, 0.717) is 11.4 Å². The average molecular weight is 520 g/mol. The number of carbonyl (C=O) groups excluding carboxylic acids is 3. The van der Waals surface area contributed by atoms with Crippen molar-refractivity contribution in [2.45, 2.75) is 63.6 Å². The Morgan fingerprint density at radius 2 is 1.74 bits per heavy atom. The largest absolute Gasteiger partial charge is 0.352 e. The van der Waals surface area contributed by atoms with Crippen LogP contribution in [0.1, 0.15) is 56.0 Å². The fourth-order valence-electron chi connectivity index (χ4n) is 4.06. The molecule has 188 valence electrons.